The van der Waals surface area contributed by atoms with Crippen molar-refractivity contribution in [1.82, 2.24) is 15.5 Å². The number of thiophene rings is 1. The number of carbonyl (C=O) groups is 1. The minimum absolute atomic E-state index is 0.0262. The Hall–Kier alpha value is -2.68. The van der Waals surface area contributed by atoms with Crippen LogP contribution in [0.3, 0.4) is 0 Å². The van der Waals surface area contributed by atoms with Gasteiger partial charge in [-0.25, -0.2) is 0 Å². The molecule has 5 nitrogen and oxygen atoms in total. The summed E-state index contributed by atoms with van der Waals surface area (Å²) in [6.45, 7) is 1.65. The van der Waals surface area contributed by atoms with E-state index in [1.54, 1.807) is 24.4 Å². The van der Waals surface area contributed by atoms with Crippen LogP contribution in [0.5, 0.6) is 0 Å². The molecule has 2 aromatic heterocycles. The molecular weight excluding hydrogens is 355 g/mol. The van der Waals surface area contributed by atoms with Gasteiger partial charge in [0.05, 0.1) is 10.4 Å². The van der Waals surface area contributed by atoms with E-state index >= 15 is 0 Å². The topological polar surface area (TPSA) is 68.0 Å². The second-order valence-electron chi connectivity index (χ2n) is 5.21. The Morgan fingerprint density at radius 3 is 2.76 bits per heavy atom. The molecule has 130 valence electrons. The first-order valence-corrected chi connectivity index (χ1v) is 8.08. The molecule has 3 rings (SSSR count). The predicted octanol–water partition coefficient (Wildman–Crippen LogP) is 4.31. The molecule has 9 heteroatoms. The van der Waals surface area contributed by atoms with E-state index in [0.29, 0.717) is 4.88 Å². The number of hydrogen-bond acceptors (Lipinski definition) is 5. The summed E-state index contributed by atoms with van der Waals surface area (Å²) in [5, 5.41) is 8.17. The van der Waals surface area contributed by atoms with Gasteiger partial charge in [0.15, 0.2) is 0 Å². The summed E-state index contributed by atoms with van der Waals surface area (Å²) in [7, 11) is 0. The number of amides is 1. The van der Waals surface area contributed by atoms with Gasteiger partial charge >= 0.3 is 6.18 Å². The Kier molecular flexibility index (Phi) is 4.58. The zero-order valence-corrected chi connectivity index (χ0v) is 13.7. The number of nitrogens with zero attached hydrogens (tertiary/aromatic N) is 2. The lowest BCUT2D eigenvalue weighted by molar-refractivity contribution is -0.137. The van der Waals surface area contributed by atoms with E-state index in [0.717, 1.165) is 12.1 Å². The van der Waals surface area contributed by atoms with Crippen molar-refractivity contribution >= 4 is 17.2 Å². The SMILES string of the molecule is C[C@@H](NC(=O)c1cccs1)c1nc(-c2cccc(C(F)(F)F)c2)no1. The van der Waals surface area contributed by atoms with Gasteiger partial charge in [0.1, 0.15) is 6.04 Å². The lowest BCUT2D eigenvalue weighted by Crippen LogP contribution is -2.26. The molecule has 2 heterocycles. The van der Waals surface area contributed by atoms with Crippen molar-refractivity contribution in [3.63, 3.8) is 0 Å². The number of rotatable bonds is 4. The van der Waals surface area contributed by atoms with E-state index < -0.39 is 17.8 Å². The average molecular weight is 367 g/mol. The van der Waals surface area contributed by atoms with Gasteiger partial charge in [0.25, 0.3) is 5.91 Å². The highest BCUT2D eigenvalue weighted by Crippen LogP contribution is 2.31. The zero-order valence-electron chi connectivity index (χ0n) is 12.9. The molecule has 0 aliphatic carbocycles. The van der Waals surface area contributed by atoms with Gasteiger partial charge < -0.3 is 9.84 Å². The molecule has 1 atom stereocenters. The summed E-state index contributed by atoms with van der Waals surface area (Å²) in [6, 6.07) is 7.49. The van der Waals surface area contributed by atoms with Crippen molar-refractivity contribution in [2.45, 2.75) is 19.1 Å². The van der Waals surface area contributed by atoms with Crippen LogP contribution in [-0.2, 0) is 6.18 Å². The minimum Gasteiger partial charge on any atom is -0.340 e. The fourth-order valence-corrected chi connectivity index (χ4v) is 2.73. The molecule has 0 bridgehead atoms. The number of nitrogens with one attached hydrogen (secondary N) is 1. The Balaban J connectivity index is 1.77. The molecule has 1 aromatic carbocycles. The molecule has 25 heavy (non-hydrogen) atoms. The van der Waals surface area contributed by atoms with Crippen molar-refractivity contribution in [3.8, 4) is 11.4 Å². The number of hydrogen-bond donors (Lipinski definition) is 1. The van der Waals surface area contributed by atoms with Gasteiger partial charge in [0, 0.05) is 5.56 Å². The van der Waals surface area contributed by atoms with Gasteiger partial charge in [-0.05, 0) is 30.5 Å². The van der Waals surface area contributed by atoms with Crippen molar-refractivity contribution < 1.29 is 22.5 Å². The second-order valence-corrected chi connectivity index (χ2v) is 6.15. The second kappa shape index (κ2) is 6.67. The molecule has 0 saturated heterocycles. The zero-order chi connectivity index (χ0) is 18.0. The first kappa shape index (κ1) is 17.2. The lowest BCUT2D eigenvalue weighted by atomic mass is 10.1. The third-order valence-electron chi connectivity index (χ3n) is 3.35. The first-order chi connectivity index (χ1) is 11.8. The highest BCUT2D eigenvalue weighted by molar-refractivity contribution is 7.12. The number of alkyl halides is 3. The fourth-order valence-electron chi connectivity index (χ4n) is 2.10. The van der Waals surface area contributed by atoms with Crippen molar-refractivity contribution in [2.75, 3.05) is 0 Å². The van der Waals surface area contributed by atoms with Crippen LogP contribution in [0, 0.1) is 0 Å². The van der Waals surface area contributed by atoms with E-state index in [1.165, 1.54) is 23.5 Å². The molecular formula is C16H12F3N3O2S. The Morgan fingerprint density at radius 1 is 1.28 bits per heavy atom. The highest BCUT2D eigenvalue weighted by Gasteiger charge is 2.31. The van der Waals surface area contributed by atoms with Crippen LogP contribution in [0.4, 0.5) is 13.2 Å². The molecule has 0 saturated carbocycles. The van der Waals surface area contributed by atoms with Crippen molar-refractivity contribution in [2.24, 2.45) is 0 Å². The molecule has 0 fully saturated rings. The molecule has 0 radical (unpaired) electrons. The van der Waals surface area contributed by atoms with E-state index in [9.17, 15) is 18.0 Å². The van der Waals surface area contributed by atoms with E-state index in [-0.39, 0.29) is 23.2 Å². The molecule has 1 N–H and O–H groups in total. The van der Waals surface area contributed by atoms with Crippen LogP contribution in [-0.4, -0.2) is 16.0 Å². The van der Waals surface area contributed by atoms with Crippen molar-refractivity contribution in [1.29, 1.82) is 0 Å². The highest BCUT2D eigenvalue weighted by atomic mass is 32.1. The average Bonchev–Trinajstić information content (AvgIpc) is 3.26. The van der Waals surface area contributed by atoms with Gasteiger partial charge in [-0.1, -0.05) is 23.4 Å². The number of halogens is 3. The van der Waals surface area contributed by atoms with Crippen LogP contribution < -0.4 is 5.32 Å². The van der Waals surface area contributed by atoms with Crippen LogP contribution in [0.25, 0.3) is 11.4 Å². The number of aromatic nitrogens is 2. The molecule has 1 amide bonds. The largest absolute Gasteiger partial charge is 0.416 e. The lowest BCUT2D eigenvalue weighted by Gasteiger charge is -2.08. The standard InChI is InChI=1S/C16H12F3N3O2S/c1-9(20-14(23)12-6-3-7-25-12)15-21-13(22-24-15)10-4-2-5-11(8-10)16(17,18)19/h2-9H,1H3,(H,20,23)/t9-/m1/s1. The normalized spacial score (nSPS) is 12.8. The quantitative estimate of drug-likeness (QED) is 0.746. The maximum Gasteiger partial charge on any atom is 0.416 e. The van der Waals surface area contributed by atoms with E-state index in [4.69, 9.17) is 4.52 Å². The van der Waals surface area contributed by atoms with E-state index in [2.05, 4.69) is 15.5 Å². The summed E-state index contributed by atoms with van der Waals surface area (Å²) in [6.07, 6.45) is -4.45. The molecule has 3 aromatic rings. The van der Waals surface area contributed by atoms with Crippen LogP contribution >= 0.6 is 11.3 Å². The Morgan fingerprint density at radius 2 is 2.08 bits per heavy atom. The van der Waals surface area contributed by atoms with Crippen LogP contribution in [0.15, 0.2) is 46.3 Å². The molecule has 0 aliphatic heterocycles. The maximum atomic E-state index is 12.8. The third kappa shape index (κ3) is 3.87. The summed E-state index contributed by atoms with van der Waals surface area (Å²) >= 11 is 1.29. The number of benzene rings is 1. The molecule has 0 spiro atoms. The first-order valence-electron chi connectivity index (χ1n) is 7.20. The van der Waals surface area contributed by atoms with Gasteiger partial charge in [-0.15, -0.1) is 11.3 Å². The third-order valence-corrected chi connectivity index (χ3v) is 4.22. The Bertz CT molecular complexity index is 875. The summed E-state index contributed by atoms with van der Waals surface area (Å²) < 4.78 is 43.4. The van der Waals surface area contributed by atoms with Crippen molar-refractivity contribution in [3.05, 3.63) is 58.1 Å². The monoisotopic (exact) mass is 367 g/mol. The van der Waals surface area contributed by atoms with Gasteiger partial charge in [0.2, 0.25) is 11.7 Å². The smallest absolute Gasteiger partial charge is 0.340 e. The van der Waals surface area contributed by atoms with Crippen LogP contribution in [0.2, 0.25) is 0 Å². The summed E-state index contributed by atoms with van der Waals surface area (Å²) in [5.74, 6) is -0.156. The predicted molar refractivity (Wildman–Crippen MR) is 84.9 cm³/mol. The minimum atomic E-state index is -4.45. The van der Waals surface area contributed by atoms with E-state index in [1.807, 2.05) is 0 Å². The fraction of sp³-hybridized carbons (Fsp3) is 0.188. The molecule has 0 unspecified atom stereocenters. The number of carbonyl (C=O) groups excluding carboxylic acids is 1. The summed E-state index contributed by atoms with van der Waals surface area (Å²) in [5.41, 5.74) is -0.614. The molecule has 0 aliphatic rings. The van der Waals surface area contributed by atoms with Crippen LogP contribution in [0.1, 0.15) is 34.1 Å². The van der Waals surface area contributed by atoms with Gasteiger partial charge in [-0.3, -0.25) is 4.79 Å². The maximum absolute atomic E-state index is 12.8. The Labute approximate surface area is 144 Å². The van der Waals surface area contributed by atoms with Gasteiger partial charge in [-0.2, -0.15) is 18.2 Å². The summed E-state index contributed by atoms with van der Waals surface area (Å²) in [4.78, 5) is 16.6.